The van der Waals surface area contributed by atoms with Crippen molar-refractivity contribution in [1.82, 2.24) is 4.90 Å². The molecule has 228 valence electrons. The maximum atomic E-state index is 14.0. The molecule has 3 rings (SSSR count). The third-order valence-electron chi connectivity index (χ3n) is 8.16. The van der Waals surface area contributed by atoms with Crippen LogP contribution in [0.2, 0.25) is 18.1 Å². The van der Waals surface area contributed by atoms with Crippen LogP contribution in [0.4, 0.5) is 0 Å². The van der Waals surface area contributed by atoms with Crippen molar-refractivity contribution in [2.24, 2.45) is 11.3 Å². The van der Waals surface area contributed by atoms with Crippen molar-refractivity contribution >= 4 is 37.1 Å². The first-order valence-electron chi connectivity index (χ1n) is 14.5. The third-order valence-corrected chi connectivity index (χ3v) is 14.3. The molecule has 1 amide bonds. The van der Waals surface area contributed by atoms with E-state index >= 15 is 0 Å². The summed E-state index contributed by atoms with van der Waals surface area (Å²) in [5, 5.41) is -0.703. The Kier molecular flexibility index (Phi) is 10.4. The standard InChI is InChI=1S/C34H47NO5SSi/c1-22(2)27(31(37)39-28(24-18-14-12-15-19-24)25-20-16-13-17-21-25)35-29(36)26(30(35)41-32(38)33(4,5)6)23(3)40-42(10,11)34(7,8)9/h12-21,23,26-28,30H,1H2,2-11H3/t23-,26+,27?,30-/m1/s1. The van der Waals surface area contributed by atoms with Crippen molar-refractivity contribution in [3.8, 4) is 0 Å². The highest BCUT2D eigenvalue weighted by Gasteiger charge is 2.58. The van der Waals surface area contributed by atoms with E-state index in [0.717, 1.165) is 22.9 Å². The predicted molar refractivity (Wildman–Crippen MR) is 173 cm³/mol. The highest BCUT2D eigenvalue weighted by Crippen LogP contribution is 2.46. The molecular weight excluding hydrogens is 563 g/mol. The minimum Gasteiger partial charge on any atom is -0.451 e. The topological polar surface area (TPSA) is 72.9 Å². The lowest BCUT2D eigenvalue weighted by molar-refractivity contribution is -0.171. The van der Waals surface area contributed by atoms with Crippen LogP contribution in [-0.2, 0) is 23.5 Å². The molecule has 0 saturated carbocycles. The predicted octanol–water partition coefficient (Wildman–Crippen LogP) is 7.76. The summed E-state index contributed by atoms with van der Waals surface area (Å²) in [6.07, 6.45) is -1.10. The molecule has 1 unspecified atom stereocenters. The molecule has 0 aliphatic carbocycles. The zero-order valence-corrected chi connectivity index (χ0v) is 28.6. The maximum Gasteiger partial charge on any atom is 0.334 e. The summed E-state index contributed by atoms with van der Waals surface area (Å²) in [5.41, 5.74) is 1.47. The normalized spacial score (nSPS) is 19.2. The van der Waals surface area contributed by atoms with Gasteiger partial charge in [0.1, 0.15) is 5.37 Å². The molecule has 1 saturated heterocycles. The van der Waals surface area contributed by atoms with Crippen LogP contribution < -0.4 is 0 Å². The van der Waals surface area contributed by atoms with Gasteiger partial charge in [0.05, 0.1) is 12.0 Å². The highest BCUT2D eigenvalue weighted by molar-refractivity contribution is 8.14. The van der Waals surface area contributed by atoms with Gasteiger partial charge in [-0.15, -0.1) is 0 Å². The van der Waals surface area contributed by atoms with Gasteiger partial charge in [-0.25, -0.2) is 4.79 Å². The van der Waals surface area contributed by atoms with Crippen LogP contribution in [0.5, 0.6) is 0 Å². The molecule has 8 heteroatoms. The number of likely N-dealkylation sites (tertiary alicyclic amines) is 1. The fourth-order valence-corrected chi connectivity index (χ4v) is 7.49. The molecule has 4 atom stereocenters. The molecule has 2 aromatic carbocycles. The summed E-state index contributed by atoms with van der Waals surface area (Å²) >= 11 is 1.10. The molecule has 1 fully saturated rings. The summed E-state index contributed by atoms with van der Waals surface area (Å²) in [4.78, 5) is 42.7. The molecule has 42 heavy (non-hydrogen) atoms. The number of esters is 1. The van der Waals surface area contributed by atoms with Gasteiger partial charge >= 0.3 is 5.97 Å². The Morgan fingerprint density at radius 3 is 1.81 bits per heavy atom. The zero-order valence-electron chi connectivity index (χ0n) is 26.8. The SMILES string of the molecule is C=C(C)C(C(=O)OC(c1ccccc1)c1ccccc1)N1C(=O)[C@H]([C@@H](C)O[Si](C)(C)C(C)(C)C)[C@H]1SC(=O)C(C)(C)C. The van der Waals surface area contributed by atoms with E-state index in [0.29, 0.717) is 5.57 Å². The number of nitrogens with zero attached hydrogens (tertiary/aromatic N) is 1. The summed E-state index contributed by atoms with van der Waals surface area (Å²) in [6.45, 7) is 24.0. The van der Waals surface area contributed by atoms with Crippen molar-refractivity contribution < 1.29 is 23.5 Å². The molecule has 1 aliphatic rings. The number of thioether (sulfide) groups is 1. The van der Waals surface area contributed by atoms with E-state index in [1.54, 1.807) is 6.92 Å². The van der Waals surface area contributed by atoms with Crippen LogP contribution in [0.3, 0.4) is 0 Å². The molecule has 0 bridgehead atoms. The number of carbonyl (C=O) groups excluding carboxylic acids is 3. The monoisotopic (exact) mass is 609 g/mol. The second-order valence-electron chi connectivity index (χ2n) is 13.8. The second kappa shape index (κ2) is 12.9. The van der Waals surface area contributed by atoms with Crippen molar-refractivity contribution in [3.05, 3.63) is 83.9 Å². The van der Waals surface area contributed by atoms with E-state index in [4.69, 9.17) is 9.16 Å². The van der Waals surface area contributed by atoms with E-state index in [-0.39, 0.29) is 16.1 Å². The number of hydrogen-bond acceptors (Lipinski definition) is 6. The van der Waals surface area contributed by atoms with Gasteiger partial charge < -0.3 is 14.1 Å². The lowest BCUT2D eigenvalue weighted by Gasteiger charge is -2.53. The highest BCUT2D eigenvalue weighted by atomic mass is 32.2. The molecule has 2 aromatic rings. The Hall–Kier alpha value is -2.68. The first kappa shape index (κ1) is 33.8. The molecule has 0 spiro atoms. The van der Waals surface area contributed by atoms with Gasteiger partial charge in [-0.3, -0.25) is 9.59 Å². The van der Waals surface area contributed by atoms with Crippen LogP contribution >= 0.6 is 11.8 Å². The van der Waals surface area contributed by atoms with Gasteiger partial charge in [0, 0.05) is 5.41 Å². The van der Waals surface area contributed by atoms with Crippen molar-refractivity contribution in [3.63, 3.8) is 0 Å². The van der Waals surface area contributed by atoms with Gasteiger partial charge in [-0.2, -0.15) is 0 Å². The lowest BCUT2D eigenvalue weighted by Crippen LogP contribution is -2.69. The molecule has 0 aromatic heterocycles. The molecule has 1 heterocycles. The van der Waals surface area contributed by atoms with Crippen molar-refractivity contribution in [2.45, 2.75) is 97.1 Å². The Morgan fingerprint density at radius 2 is 1.40 bits per heavy atom. The van der Waals surface area contributed by atoms with Gasteiger partial charge in [0.15, 0.2) is 25.6 Å². The molecule has 6 nitrogen and oxygen atoms in total. The summed E-state index contributed by atoms with van der Waals surface area (Å²) in [6, 6.07) is 18.0. The van der Waals surface area contributed by atoms with Crippen LogP contribution in [0.1, 0.15) is 72.6 Å². The number of carbonyl (C=O) groups is 3. The smallest absolute Gasteiger partial charge is 0.334 e. The number of rotatable bonds is 10. The summed E-state index contributed by atoms with van der Waals surface area (Å²) in [5.74, 6) is -1.40. The Morgan fingerprint density at radius 1 is 0.929 bits per heavy atom. The quantitative estimate of drug-likeness (QED) is 0.119. The van der Waals surface area contributed by atoms with Crippen LogP contribution in [0, 0.1) is 11.3 Å². The Balaban J connectivity index is 1.97. The lowest BCUT2D eigenvalue weighted by atomic mass is 9.89. The van der Waals surface area contributed by atoms with E-state index in [1.165, 1.54) is 4.90 Å². The van der Waals surface area contributed by atoms with Crippen molar-refractivity contribution in [2.75, 3.05) is 0 Å². The van der Waals surface area contributed by atoms with Gasteiger partial charge in [0.2, 0.25) is 5.91 Å². The minimum atomic E-state index is -2.21. The fourth-order valence-electron chi connectivity index (χ4n) is 4.67. The average molecular weight is 610 g/mol. The first-order valence-corrected chi connectivity index (χ1v) is 18.3. The summed E-state index contributed by atoms with van der Waals surface area (Å²) in [7, 11) is -2.21. The van der Waals surface area contributed by atoms with E-state index < -0.39 is 49.2 Å². The zero-order chi connectivity index (χ0) is 31.6. The van der Waals surface area contributed by atoms with Crippen LogP contribution in [0.25, 0.3) is 0 Å². The number of benzene rings is 2. The van der Waals surface area contributed by atoms with E-state index in [9.17, 15) is 14.4 Å². The molecule has 0 N–H and O–H groups in total. The summed E-state index contributed by atoms with van der Waals surface area (Å²) < 4.78 is 12.8. The number of hydrogen-bond donors (Lipinski definition) is 0. The molecular formula is C34H47NO5SSi. The Labute approximate surface area is 257 Å². The average Bonchev–Trinajstić information content (AvgIpc) is 2.89. The van der Waals surface area contributed by atoms with Gasteiger partial charge in [-0.1, -0.05) is 121 Å². The first-order chi connectivity index (χ1) is 19.4. The number of amides is 1. The minimum absolute atomic E-state index is 0.0501. The largest absolute Gasteiger partial charge is 0.451 e. The van der Waals surface area contributed by atoms with Crippen LogP contribution in [0.15, 0.2) is 72.8 Å². The van der Waals surface area contributed by atoms with E-state index in [2.05, 4.69) is 40.4 Å². The van der Waals surface area contributed by atoms with Gasteiger partial charge in [0.25, 0.3) is 0 Å². The molecule has 0 radical (unpaired) electrons. The fraction of sp³-hybridized carbons (Fsp3) is 0.500. The number of ether oxygens (including phenoxy) is 1. The maximum absolute atomic E-state index is 14.0. The second-order valence-corrected chi connectivity index (χ2v) is 19.6. The van der Waals surface area contributed by atoms with Crippen LogP contribution in [-0.4, -0.2) is 47.7 Å². The van der Waals surface area contributed by atoms with Crippen molar-refractivity contribution in [1.29, 1.82) is 0 Å². The number of β-lactam (4-membered cyclic amide) rings is 1. The molecule has 1 aliphatic heterocycles. The Bertz CT molecular complexity index is 1240. The van der Waals surface area contributed by atoms with E-state index in [1.807, 2.05) is 88.4 Å². The third kappa shape index (κ3) is 7.44. The van der Waals surface area contributed by atoms with Gasteiger partial charge in [-0.05, 0) is 48.7 Å².